The van der Waals surface area contributed by atoms with E-state index in [0.29, 0.717) is 5.56 Å². The quantitative estimate of drug-likeness (QED) is 0.603. The van der Waals surface area contributed by atoms with Crippen LogP contribution in [0.3, 0.4) is 0 Å². The maximum atomic E-state index is 10.7. The number of nitro groups is 1. The zero-order chi connectivity index (χ0) is 11.7. The molecule has 0 radical (unpaired) electrons. The summed E-state index contributed by atoms with van der Waals surface area (Å²) in [6.07, 6.45) is 0. The van der Waals surface area contributed by atoms with Gasteiger partial charge in [0.2, 0.25) is 5.75 Å². The summed E-state index contributed by atoms with van der Waals surface area (Å²) in [5, 5.41) is 29.4. The number of nitrogens with zero attached hydrogens (tertiary/aromatic N) is 1. The van der Waals surface area contributed by atoms with Crippen molar-refractivity contribution in [3.8, 4) is 5.75 Å². The van der Waals surface area contributed by atoms with Crippen LogP contribution < -0.4 is 0 Å². The van der Waals surface area contributed by atoms with Crippen LogP contribution in [0, 0.1) is 24.0 Å². The van der Waals surface area contributed by atoms with Gasteiger partial charge in [-0.25, -0.2) is 0 Å². The zero-order valence-electron chi connectivity index (χ0n) is 8.24. The molecule has 6 heteroatoms. The first-order valence-electron chi connectivity index (χ1n) is 4.17. The number of phenols is 1. The predicted octanol–water partition coefficient (Wildman–Crippen LogP) is 2.06. The SMILES string of the molecule is Cc1c(Cl)c(C)c([N+](=O)[O-])c(O)c1CO. The lowest BCUT2D eigenvalue weighted by Crippen LogP contribution is -2.00. The monoisotopic (exact) mass is 231 g/mol. The lowest BCUT2D eigenvalue weighted by molar-refractivity contribution is -0.386. The fraction of sp³-hybridized carbons (Fsp3) is 0.333. The molecule has 0 saturated carbocycles. The van der Waals surface area contributed by atoms with Crippen LogP contribution in [0.1, 0.15) is 16.7 Å². The average Bonchev–Trinajstić information content (AvgIpc) is 2.15. The Kier molecular flexibility index (Phi) is 3.16. The van der Waals surface area contributed by atoms with Crippen molar-refractivity contribution in [2.75, 3.05) is 0 Å². The highest BCUT2D eigenvalue weighted by molar-refractivity contribution is 6.32. The zero-order valence-corrected chi connectivity index (χ0v) is 9.00. The molecule has 5 nitrogen and oxygen atoms in total. The van der Waals surface area contributed by atoms with Crippen LogP contribution in [-0.4, -0.2) is 15.1 Å². The lowest BCUT2D eigenvalue weighted by atomic mass is 10.0. The van der Waals surface area contributed by atoms with Crippen LogP contribution >= 0.6 is 11.6 Å². The molecule has 0 aliphatic rings. The number of rotatable bonds is 2. The highest BCUT2D eigenvalue weighted by atomic mass is 35.5. The molecule has 0 aliphatic carbocycles. The highest BCUT2D eigenvalue weighted by Gasteiger charge is 2.25. The minimum atomic E-state index is -0.713. The van der Waals surface area contributed by atoms with Gasteiger partial charge in [-0.05, 0) is 19.4 Å². The van der Waals surface area contributed by atoms with Gasteiger partial charge in [-0.15, -0.1) is 0 Å². The van der Waals surface area contributed by atoms with Gasteiger partial charge < -0.3 is 10.2 Å². The summed E-state index contributed by atoms with van der Waals surface area (Å²) in [5.74, 6) is -0.512. The summed E-state index contributed by atoms with van der Waals surface area (Å²) >= 11 is 5.86. The third kappa shape index (κ3) is 1.75. The Morgan fingerprint density at radius 2 is 1.93 bits per heavy atom. The van der Waals surface area contributed by atoms with Gasteiger partial charge in [0.1, 0.15) is 0 Å². The van der Waals surface area contributed by atoms with E-state index in [9.17, 15) is 15.2 Å². The Balaban J connectivity index is 3.68. The predicted molar refractivity (Wildman–Crippen MR) is 55.2 cm³/mol. The molecule has 0 atom stereocenters. The molecule has 0 heterocycles. The van der Waals surface area contributed by atoms with E-state index in [0.717, 1.165) is 0 Å². The number of hydrogen-bond donors (Lipinski definition) is 2. The van der Waals surface area contributed by atoms with Crippen molar-refractivity contribution in [2.45, 2.75) is 20.5 Å². The van der Waals surface area contributed by atoms with Gasteiger partial charge in [-0.1, -0.05) is 11.6 Å². The molecule has 0 aliphatic heterocycles. The Labute approximate surface area is 91.1 Å². The molecule has 0 amide bonds. The van der Waals surface area contributed by atoms with Gasteiger partial charge in [0.05, 0.1) is 16.6 Å². The van der Waals surface area contributed by atoms with Gasteiger partial charge in [0, 0.05) is 11.1 Å². The van der Waals surface area contributed by atoms with Gasteiger partial charge in [-0.3, -0.25) is 10.1 Å². The molecule has 0 unspecified atom stereocenters. The van der Waals surface area contributed by atoms with E-state index in [1.54, 1.807) is 6.92 Å². The first-order chi connectivity index (χ1) is 6.91. The molecule has 82 valence electrons. The molecule has 15 heavy (non-hydrogen) atoms. The molecule has 0 spiro atoms. The molecule has 1 aromatic carbocycles. The summed E-state index contributed by atoms with van der Waals surface area (Å²) in [4.78, 5) is 9.97. The second kappa shape index (κ2) is 4.04. The Bertz CT molecular complexity index is 431. The van der Waals surface area contributed by atoms with E-state index in [-0.39, 0.29) is 16.1 Å². The first kappa shape index (κ1) is 11.7. The van der Waals surface area contributed by atoms with E-state index >= 15 is 0 Å². The molecule has 0 aromatic heterocycles. The topological polar surface area (TPSA) is 83.6 Å². The van der Waals surface area contributed by atoms with Crippen molar-refractivity contribution in [2.24, 2.45) is 0 Å². The van der Waals surface area contributed by atoms with Crippen LogP contribution in [0.25, 0.3) is 0 Å². The molecule has 2 N–H and O–H groups in total. The van der Waals surface area contributed by atoms with Crippen LogP contribution in [0.2, 0.25) is 5.02 Å². The Morgan fingerprint density at radius 1 is 1.40 bits per heavy atom. The van der Waals surface area contributed by atoms with E-state index in [1.165, 1.54) is 6.92 Å². The molecular formula is C9H10ClNO4. The second-order valence-corrected chi connectivity index (χ2v) is 3.53. The van der Waals surface area contributed by atoms with Crippen LogP contribution in [0.15, 0.2) is 0 Å². The number of aliphatic hydroxyl groups excluding tert-OH is 1. The molecule has 1 rings (SSSR count). The largest absolute Gasteiger partial charge is 0.502 e. The molecule has 1 aromatic rings. The minimum absolute atomic E-state index is 0.0947. The highest BCUT2D eigenvalue weighted by Crippen LogP contribution is 2.40. The number of benzene rings is 1. The number of nitro benzene ring substituents is 1. The third-order valence-electron chi connectivity index (χ3n) is 2.32. The summed E-state index contributed by atoms with van der Waals surface area (Å²) in [7, 11) is 0. The molecule has 0 saturated heterocycles. The number of aliphatic hydroxyl groups is 1. The van der Waals surface area contributed by atoms with Crippen molar-refractivity contribution >= 4 is 17.3 Å². The number of aromatic hydroxyl groups is 1. The Hall–Kier alpha value is -1.33. The minimum Gasteiger partial charge on any atom is -0.502 e. The van der Waals surface area contributed by atoms with Crippen molar-refractivity contribution in [1.82, 2.24) is 0 Å². The molecule has 0 fully saturated rings. The van der Waals surface area contributed by atoms with Crippen molar-refractivity contribution < 1.29 is 15.1 Å². The van der Waals surface area contributed by atoms with Crippen molar-refractivity contribution in [3.63, 3.8) is 0 Å². The normalized spacial score (nSPS) is 10.4. The van der Waals surface area contributed by atoms with Gasteiger partial charge in [0.25, 0.3) is 0 Å². The van der Waals surface area contributed by atoms with E-state index < -0.39 is 23.0 Å². The average molecular weight is 232 g/mol. The van der Waals surface area contributed by atoms with E-state index in [4.69, 9.17) is 16.7 Å². The van der Waals surface area contributed by atoms with Crippen molar-refractivity contribution in [3.05, 3.63) is 31.8 Å². The smallest absolute Gasteiger partial charge is 0.315 e. The lowest BCUT2D eigenvalue weighted by Gasteiger charge is -2.10. The van der Waals surface area contributed by atoms with Crippen molar-refractivity contribution in [1.29, 1.82) is 0 Å². The van der Waals surface area contributed by atoms with Gasteiger partial charge in [-0.2, -0.15) is 0 Å². The van der Waals surface area contributed by atoms with E-state index in [1.807, 2.05) is 0 Å². The number of halogens is 1. The van der Waals surface area contributed by atoms with Crippen LogP contribution in [-0.2, 0) is 6.61 Å². The summed E-state index contributed by atoms with van der Waals surface area (Å²) in [6.45, 7) is 2.55. The summed E-state index contributed by atoms with van der Waals surface area (Å²) in [5.41, 5.74) is 0.306. The molecule has 0 bridgehead atoms. The summed E-state index contributed by atoms with van der Waals surface area (Å²) in [6, 6.07) is 0. The molecular weight excluding hydrogens is 222 g/mol. The third-order valence-corrected chi connectivity index (χ3v) is 2.88. The second-order valence-electron chi connectivity index (χ2n) is 3.15. The van der Waals surface area contributed by atoms with Crippen LogP contribution in [0.4, 0.5) is 5.69 Å². The first-order valence-corrected chi connectivity index (χ1v) is 4.55. The maximum absolute atomic E-state index is 10.7. The van der Waals surface area contributed by atoms with Gasteiger partial charge >= 0.3 is 5.69 Å². The van der Waals surface area contributed by atoms with E-state index in [2.05, 4.69) is 0 Å². The van der Waals surface area contributed by atoms with Crippen LogP contribution in [0.5, 0.6) is 5.75 Å². The summed E-state index contributed by atoms with van der Waals surface area (Å²) < 4.78 is 0. The standard InChI is InChI=1S/C9H10ClNO4/c1-4-6(3-12)9(13)8(11(14)15)5(2)7(4)10/h12-13H,3H2,1-2H3. The fourth-order valence-corrected chi connectivity index (χ4v) is 1.64. The van der Waals surface area contributed by atoms with Gasteiger partial charge in [0.15, 0.2) is 0 Å². The fourth-order valence-electron chi connectivity index (χ4n) is 1.43. The number of hydrogen-bond acceptors (Lipinski definition) is 4. The maximum Gasteiger partial charge on any atom is 0.315 e. The Morgan fingerprint density at radius 3 is 2.33 bits per heavy atom.